The SMILES string of the molecule is CNC.c1cc2c(c3c1CCOC3)OCO2. The maximum Gasteiger partial charge on any atom is 0.231 e. The summed E-state index contributed by atoms with van der Waals surface area (Å²) in [4.78, 5) is 0. The van der Waals surface area contributed by atoms with E-state index in [0.717, 1.165) is 24.5 Å². The van der Waals surface area contributed by atoms with Crippen LogP contribution in [0.4, 0.5) is 0 Å². The second kappa shape index (κ2) is 5.18. The van der Waals surface area contributed by atoms with Crippen molar-refractivity contribution in [1.29, 1.82) is 0 Å². The first-order valence-corrected chi connectivity index (χ1v) is 5.43. The second-order valence-electron chi connectivity index (χ2n) is 3.74. The van der Waals surface area contributed by atoms with Gasteiger partial charge in [-0.2, -0.15) is 0 Å². The van der Waals surface area contributed by atoms with Crippen molar-refractivity contribution in [2.45, 2.75) is 13.0 Å². The van der Waals surface area contributed by atoms with Gasteiger partial charge < -0.3 is 19.5 Å². The van der Waals surface area contributed by atoms with E-state index in [9.17, 15) is 0 Å². The van der Waals surface area contributed by atoms with Crippen LogP contribution in [0.3, 0.4) is 0 Å². The molecule has 2 heterocycles. The fraction of sp³-hybridized carbons (Fsp3) is 0.500. The molecule has 0 aromatic heterocycles. The zero-order valence-corrected chi connectivity index (χ0v) is 9.71. The molecule has 3 rings (SSSR count). The van der Waals surface area contributed by atoms with Crippen LogP contribution in [0.15, 0.2) is 12.1 Å². The van der Waals surface area contributed by atoms with Gasteiger partial charge in [0.2, 0.25) is 6.79 Å². The predicted octanol–water partition coefficient (Wildman–Crippen LogP) is 1.32. The summed E-state index contributed by atoms with van der Waals surface area (Å²) in [5.74, 6) is 1.74. The molecule has 0 unspecified atom stereocenters. The third-order valence-electron chi connectivity index (χ3n) is 2.50. The summed E-state index contributed by atoms with van der Waals surface area (Å²) in [6, 6.07) is 4.08. The van der Waals surface area contributed by atoms with Gasteiger partial charge in [0.1, 0.15) is 0 Å². The highest BCUT2D eigenvalue weighted by Gasteiger charge is 2.22. The number of hydrogen-bond acceptors (Lipinski definition) is 4. The minimum absolute atomic E-state index is 0.339. The van der Waals surface area contributed by atoms with Gasteiger partial charge in [0.15, 0.2) is 11.5 Å². The van der Waals surface area contributed by atoms with Crippen LogP contribution < -0.4 is 14.8 Å². The van der Waals surface area contributed by atoms with Gasteiger partial charge in [-0.25, -0.2) is 0 Å². The summed E-state index contributed by atoms with van der Waals surface area (Å²) < 4.78 is 16.1. The Hall–Kier alpha value is -1.26. The molecule has 0 saturated heterocycles. The number of ether oxygens (including phenoxy) is 3. The molecule has 0 spiro atoms. The fourth-order valence-corrected chi connectivity index (χ4v) is 1.82. The van der Waals surface area contributed by atoms with E-state index < -0.39 is 0 Å². The van der Waals surface area contributed by atoms with Gasteiger partial charge in [-0.1, -0.05) is 6.07 Å². The molecule has 0 aliphatic carbocycles. The van der Waals surface area contributed by atoms with E-state index in [1.165, 1.54) is 11.1 Å². The Morgan fingerprint density at radius 2 is 2.00 bits per heavy atom. The number of fused-ring (bicyclic) bond motifs is 3. The Morgan fingerprint density at radius 3 is 2.81 bits per heavy atom. The molecule has 4 nitrogen and oxygen atoms in total. The Labute approximate surface area is 95.5 Å². The first-order valence-electron chi connectivity index (χ1n) is 5.43. The van der Waals surface area contributed by atoms with Gasteiger partial charge in [0, 0.05) is 5.56 Å². The summed E-state index contributed by atoms with van der Waals surface area (Å²) in [5.41, 5.74) is 2.50. The molecule has 2 aliphatic heterocycles. The quantitative estimate of drug-likeness (QED) is 0.720. The van der Waals surface area contributed by atoms with Crippen molar-refractivity contribution < 1.29 is 14.2 Å². The number of hydrogen-bond donors (Lipinski definition) is 1. The minimum Gasteiger partial charge on any atom is -0.454 e. The number of rotatable bonds is 0. The highest BCUT2D eigenvalue weighted by Crippen LogP contribution is 2.39. The topological polar surface area (TPSA) is 39.7 Å². The summed E-state index contributed by atoms with van der Waals surface area (Å²) in [6.45, 7) is 1.81. The average Bonchev–Trinajstić information content (AvgIpc) is 2.78. The molecule has 0 atom stereocenters. The lowest BCUT2D eigenvalue weighted by atomic mass is 10.0. The van der Waals surface area contributed by atoms with E-state index in [4.69, 9.17) is 14.2 Å². The summed E-state index contributed by atoms with van der Waals surface area (Å²) in [6.07, 6.45) is 0.978. The van der Waals surface area contributed by atoms with E-state index in [0.29, 0.717) is 13.4 Å². The van der Waals surface area contributed by atoms with Gasteiger partial charge in [-0.15, -0.1) is 0 Å². The third kappa shape index (κ3) is 2.13. The third-order valence-corrected chi connectivity index (χ3v) is 2.50. The molecule has 16 heavy (non-hydrogen) atoms. The molecule has 0 bridgehead atoms. The van der Waals surface area contributed by atoms with Crippen LogP contribution in [0, 0.1) is 0 Å². The second-order valence-corrected chi connectivity index (χ2v) is 3.74. The summed E-state index contributed by atoms with van der Waals surface area (Å²) >= 11 is 0. The molecule has 0 saturated carbocycles. The van der Waals surface area contributed by atoms with Gasteiger partial charge >= 0.3 is 0 Å². The highest BCUT2D eigenvalue weighted by molar-refractivity contribution is 5.52. The first-order chi connectivity index (χ1) is 7.86. The van der Waals surface area contributed by atoms with E-state index in [1.54, 1.807) is 0 Å². The van der Waals surface area contributed by atoms with Crippen molar-refractivity contribution in [1.82, 2.24) is 5.32 Å². The van der Waals surface area contributed by atoms with Crippen LogP contribution >= 0.6 is 0 Å². The zero-order valence-electron chi connectivity index (χ0n) is 9.71. The minimum atomic E-state index is 0.339. The highest BCUT2D eigenvalue weighted by atomic mass is 16.7. The zero-order chi connectivity index (χ0) is 11.4. The molecular formula is C12H17NO3. The Balaban J connectivity index is 0.000000292. The fourth-order valence-electron chi connectivity index (χ4n) is 1.82. The van der Waals surface area contributed by atoms with Gasteiger partial charge in [-0.3, -0.25) is 0 Å². The van der Waals surface area contributed by atoms with Gasteiger partial charge in [-0.05, 0) is 32.1 Å². The molecule has 1 N–H and O–H groups in total. The predicted molar refractivity (Wildman–Crippen MR) is 60.9 cm³/mol. The molecule has 1 aromatic carbocycles. The Morgan fingerprint density at radius 1 is 1.19 bits per heavy atom. The molecule has 0 radical (unpaired) electrons. The lowest BCUT2D eigenvalue weighted by Gasteiger charge is -2.17. The van der Waals surface area contributed by atoms with Crippen LogP contribution in [-0.2, 0) is 17.8 Å². The number of nitrogens with one attached hydrogen (secondary N) is 1. The summed E-state index contributed by atoms with van der Waals surface area (Å²) in [5, 5.41) is 2.75. The normalized spacial score (nSPS) is 16.1. The smallest absolute Gasteiger partial charge is 0.231 e. The van der Waals surface area contributed by atoms with Crippen LogP contribution in [0.2, 0.25) is 0 Å². The number of benzene rings is 1. The van der Waals surface area contributed by atoms with E-state index >= 15 is 0 Å². The van der Waals surface area contributed by atoms with Gasteiger partial charge in [0.25, 0.3) is 0 Å². The largest absolute Gasteiger partial charge is 0.454 e. The van der Waals surface area contributed by atoms with Crippen molar-refractivity contribution in [3.05, 3.63) is 23.3 Å². The van der Waals surface area contributed by atoms with E-state index in [1.807, 2.05) is 20.2 Å². The maximum absolute atomic E-state index is 5.39. The van der Waals surface area contributed by atoms with Gasteiger partial charge in [0.05, 0.1) is 13.2 Å². The average molecular weight is 223 g/mol. The van der Waals surface area contributed by atoms with Crippen molar-refractivity contribution >= 4 is 0 Å². The van der Waals surface area contributed by atoms with Crippen LogP contribution in [0.5, 0.6) is 11.5 Å². The maximum atomic E-state index is 5.39. The molecule has 4 heteroatoms. The molecule has 1 aromatic rings. The van der Waals surface area contributed by atoms with Crippen LogP contribution in [0.1, 0.15) is 11.1 Å². The van der Waals surface area contributed by atoms with Crippen molar-refractivity contribution in [3.63, 3.8) is 0 Å². The first kappa shape index (κ1) is 11.2. The lowest BCUT2D eigenvalue weighted by molar-refractivity contribution is 0.107. The summed E-state index contributed by atoms with van der Waals surface area (Å²) in [7, 11) is 3.75. The molecule has 88 valence electrons. The van der Waals surface area contributed by atoms with Crippen molar-refractivity contribution in [2.75, 3.05) is 27.5 Å². The lowest BCUT2D eigenvalue weighted by Crippen LogP contribution is -2.10. The Kier molecular flexibility index (Phi) is 3.64. The van der Waals surface area contributed by atoms with Crippen molar-refractivity contribution in [2.24, 2.45) is 0 Å². The van der Waals surface area contributed by atoms with Crippen LogP contribution in [-0.4, -0.2) is 27.5 Å². The molecular weight excluding hydrogens is 206 g/mol. The van der Waals surface area contributed by atoms with E-state index in [2.05, 4.69) is 11.4 Å². The molecule has 0 amide bonds. The molecule has 2 aliphatic rings. The molecule has 0 fully saturated rings. The van der Waals surface area contributed by atoms with E-state index in [-0.39, 0.29) is 0 Å². The van der Waals surface area contributed by atoms with Crippen LogP contribution in [0.25, 0.3) is 0 Å². The van der Waals surface area contributed by atoms with Crippen molar-refractivity contribution in [3.8, 4) is 11.5 Å². The monoisotopic (exact) mass is 223 g/mol. The Bertz CT molecular complexity index is 366. The standard InChI is InChI=1S/C10H10O3.C2H7N/c1-2-9-10(13-6-12-9)8-5-11-4-3-7(1)8;1-3-2/h1-2H,3-6H2;3H,1-2H3.